The van der Waals surface area contributed by atoms with E-state index in [2.05, 4.69) is 6.07 Å². The number of nitriles is 1. The Bertz CT molecular complexity index is 250. The third kappa shape index (κ3) is 4.80. The first-order valence-electron chi connectivity index (χ1n) is 5.21. The standard InChI is InChI=1S/C11H20N2O2/c1-5-9(8-12)13(11(2,3)4)7-6-10(14)15/h9H,5-7H2,1-4H3,(H,14,15). The molecule has 0 aliphatic rings. The van der Waals surface area contributed by atoms with Crippen molar-refractivity contribution in [3.05, 3.63) is 0 Å². The fourth-order valence-electron chi connectivity index (χ4n) is 1.56. The number of hydrogen-bond donors (Lipinski definition) is 1. The Morgan fingerprint density at radius 3 is 2.33 bits per heavy atom. The topological polar surface area (TPSA) is 64.3 Å². The minimum Gasteiger partial charge on any atom is -0.481 e. The maximum atomic E-state index is 10.5. The molecule has 4 nitrogen and oxygen atoms in total. The molecule has 0 fully saturated rings. The van der Waals surface area contributed by atoms with Gasteiger partial charge in [-0.2, -0.15) is 5.26 Å². The van der Waals surface area contributed by atoms with Crippen LogP contribution in [0.5, 0.6) is 0 Å². The second-order valence-corrected chi connectivity index (χ2v) is 4.56. The lowest BCUT2D eigenvalue weighted by atomic mass is 10.0. The largest absolute Gasteiger partial charge is 0.481 e. The lowest BCUT2D eigenvalue weighted by molar-refractivity contribution is -0.137. The molecule has 0 saturated carbocycles. The van der Waals surface area contributed by atoms with E-state index >= 15 is 0 Å². The maximum absolute atomic E-state index is 10.5. The van der Waals surface area contributed by atoms with Crippen molar-refractivity contribution in [2.24, 2.45) is 0 Å². The summed E-state index contributed by atoms with van der Waals surface area (Å²) in [5, 5.41) is 17.6. The number of hydrogen-bond acceptors (Lipinski definition) is 3. The van der Waals surface area contributed by atoms with Crippen molar-refractivity contribution in [1.82, 2.24) is 4.90 Å². The van der Waals surface area contributed by atoms with Crippen molar-refractivity contribution in [1.29, 1.82) is 5.26 Å². The maximum Gasteiger partial charge on any atom is 0.304 e. The molecule has 0 radical (unpaired) electrons. The van der Waals surface area contributed by atoms with Gasteiger partial charge in [0, 0.05) is 12.1 Å². The first-order valence-corrected chi connectivity index (χ1v) is 5.21. The van der Waals surface area contributed by atoms with Crippen LogP contribution in [0.15, 0.2) is 0 Å². The third-order valence-corrected chi connectivity index (χ3v) is 2.34. The molecule has 0 amide bonds. The van der Waals surface area contributed by atoms with Gasteiger partial charge in [0.1, 0.15) is 0 Å². The minimum atomic E-state index is -0.822. The molecular formula is C11H20N2O2. The van der Waals surface area contributed by atoms with Gasteiger partial charge in [0.05, 0.1) is 18.5 Å². The SMILES string of the molecule is CCC(C#N)N(CCC(=O)O)C(C)(C)C. The van der Waals surface area contributed by atoms with Gasteiger partial charge >= 0.3 is 5.97 Å². The van der Waals surface area contributed by atoms with Crippen LogP contribution < -0.4 is 0 Å². The Morgan fingerprint density at radius 2 is 2.07 bits per heavy atom. The monoisotopic (exact) mass is 212 g/mol. The molecular weight excluding hydrogens is 192 g/mol. The molecule has 0 aromatic rings. The lowest BCUT2D eigenvalue weighted by Crippen LogP contribution is -2.48. The number of carbonyl (C=O) groups is 1. The lowest BCUT2D eigenvalue weighted by Gasteiger charge is -2.38. The number of carboxylic acids is 1. The molecule has 0 aliphatic heterocycles. The van der Waals surface area contributed by atoms with E-state index in [1.54, 1.807) is 0 Å². The van der Waals surface area contributed by atoms with Crippen LogP contribution in [0, 0.1) is 11.3 Å². The molecule has 86 valence electrons. The van der Waals surface area contributed by atoms with E-state index in [9.17, 15) is 4.79 Å². The van der Waals surface area contributed by atoms with Crippen LogP contribution in [0.4, 0.5) is 0 Å². The molecule has 0 aromatic heterocycles. The van der Waals surface area contributed by atoms with Crippen molar-refractivity contribution in [2.75, 3.05) is 6.54 Å². The van der Waals surface area contributed by atoms with Crippen LogP contribution >= 0.6 is 0 Å². The van der Waals surface area contributed by atoms with E-state index in [1.807, 2.05) is 32.6 Å². The van der Waals surface area contributed by atoms with Crippen LogP contribution in [0.3, 0.4) is 0 Å². The number of carboxylic acid groups (broad SMARTS) is 1. The molecule has 15 heavy (non-hydrogen) atoms. The van der Waals surface area contributed by atoms with Crippen molar-refractivity contribution < 1.29 is 9.90 Å². The summed E-state index contributed by atoms with van der Waals surface area (Å²) in [6.07, 6.45) is 0.794. The van der Waals surface area contributed by atoms with Gasteiger partial charge in [-0.15, -0.1) is 0 Å². The van der Waals surface area contributed by atoms with Crippen molar-refractivity contribution in [3.63, 3.8) is 0 Å². The van der Waals surface area contributed by atoms with Crippen molar-refractivity contribution in [3.8, 4) is 6.07 Å². The van der Waals surface area contributed by atoms with Crippen molar-refractivity contribution >= 4 is 5.97 Å². The van der Waals surface area contributed by atoms with E-state index in [4.69, 9.17) is 10.4 Å². The average Bonchev–Trinajstić information content (AvgIpc) is 2.09. The van der Waals surface area contributed by atoms with E-state index in [1.165, 1.54) is 0 Å². The highest BCUT2D eigenvalue weighted by atomic mass is 16.4. The Kier molecular flexibility index (Phi) is 5.31. The van der Waals surface area contributed by atoms with Crippen LogP contribution in [0.1, 0.15) is 40.5 Å². The number of rotatable bonds is 5. The predicted octanol–water partition coefficient (Wildman–Crippen LogP) is 1.86. The smallest absolute Gasteiger partial charge is 0.304 e. The summed E-state index contributed by atoms with van der Waals surface area (Å²) in [7, 11) is 0. The van der Waals surface area contributed by atoms with Gasteiger partial charge < -0.3 is 5.11 Å². The number of aliphatic carboxylic acids is 1. The Balaban J connectivity index is 4.59. The summed E-state index contributed by atoms with van der Waals surface area (Å²) in [6.45, 7) is 8.34. The fraction of sp³-hybridized carbons (Fsp3) is 0.818. The quantitative estimate of drug-likeness (QED) is 0.755. The zero-order chi connectivity index (χ0) is 12.1. The van der Waals surface area contributed by atoms with E-state index < -0.39 is 5.97 Å². The molecule has 1 unspecified atom stereocenters. The average molecular weight is 212 g/mol. The van der Waals surface area contributed by atoms with E-state index in [0.29, 0.717) is 13.0 Å². The molecule has 0 rings (SSSR count). The van der Waals surface area contributed by atoms with Crippen LogP contribution in [0.2, 0.25) is 0 Å². The van der Waals surface area contributed by atoms with Crippen LogP contribution in [-0.4, -0.2) is 34.1 Å². The third-order valence-electron chi connectivity index (χ3n) is 2.34. The van der Waals surface area contributed by atoms with Gasteiger partial charge in [0.2, 0.25) is 0 Å². The molecule has 1 atom stereocenters. The molecule has 1 N–H and O–H groups in total. The predicted molar refractivity (Wildman–Crippen MR) is 58.4 cm³/mol. The van der Waals surface area contributed by atoms with E-state index in [0.717, 1.165) is 0 Å². The van der Waals surface area contributed by atoms with Gasteiger partial charge in [0.15, 0.2) is 0 Å². The zero-order valence-electron chi connectivity index (χ0n) is 9.95. The first kappa shape index (κ1) is 13.9. The molecule has 0 bridgehead atoms. The Morgan fingerprint density at radius 1 is 1.53 bits per heavy atom. The summed E-state index contributed by atoms with van der Waals surface area (Å²) < 4.78 is 0. The fourth-order valence-corrected chi connectivity index (χ4v) is 1.56. The Hall–Kier alpha value is -1.08. The van der Waals surface area contributed by atoms with Crippen molar-refractivity contribution in [2.45, 2.75) is 52.1 Å². The normalized spacial score (nSPS) is 13.6. The molecule has 0 aromatic carbocycles. The number of nitrogens with zero attached hydrogens (tertiary/aromatic N) is 2. The molecule has 4 heteroatoms. The summed E-state index contributed by atoms with van der Waals surface area (Å²) in [5.74, 6) is -0.822. The molecule has 0 heterocycles. The zero-order valence-corrected chi connectivity index (χ0v) is 9.95. The summed E-state index contributed by atoms with van der Waals surface area (Å²) in [6, 6.07) is 2.01. The first-order chi connectivity index (χ1) is 6.82. The van der Waals surface area contributed by atoms with E-state index in [-0.39, 0.29) is 18.0 Å². The van der Waals surface area contributed by atoms with Crippen LogP contribution in [-0.2, 0) is 4.79 Å². The second kappa shape index (κ2) is 5.72. The second-order valence-electron chi connectivity index (χ2n) is 4.56. The minimum absolute atomic E-state index is 0.0788. The summed E-state index contributed by atoms with van der Waals surface area (Å²) in [5.41, 5.74) is -0.175. The summed E-state index contributed by atoms with van der Waals surface area (Å²) >= 11 is 0. The highest BCUT2D eigenvalue weighted by molar-refractivity contribution is 5.66. The van der Waals surface area contributed by atoms with Gasteiger partial charge in [-0.1, -0.05) is 6.92 Å². The Labute approximate surface area is 91.5 Å². The van der Waals surface area contributed by atoms with Gasteiger partial charge in [0.25, 0.3) is 0 Å². The molecule has 0 spiro atoms. The van der Waals surface area contributed by atoms with Gasteiger partial charge in [-0.25, -0.2) is 0 Å². The van der Waals surface area contributed by atoms with Gasteiger partial charge in [-0.3, -0.25) is 9.69 Å². The summed E-state index contributed by atoms with van der Waals surface area (Å²) in [4.78, 5) is 12.5. The highest BCUT2D eigenvalue weighted by Crippen LogP contribution is 2.18. The molecule has 0 aliphatic carbocycles. The van der Waals surface area contributed by atoms with Gasteiger partial charge in [-0.05, 0) is 27.2 Å². The molecule has 0 saturated heterocycles. The highest BCUT2D eigenvalue weighted by Gasteiger charge is 2.27. The van der Waals surface area contributed by atoms with Crippen LogP contribution in [0.25, 0.3) is 0 Å².